The molecule has 0 saturated heterocycles. The molecule has 0 radical (unpaired) electrons. The minimum atomic E-state index is -1.48. The Morgan fingerprint density at radius 3 is 2.62 bits per heavy atom. The van der Waals surface area contributed by atoms with Crippen LogP contribution in [0.25, 0.3) is 0 Å². The fourth-order valence-electron chi connectivity index (χ4n) is 1.36. The number of alkyl halides is 1. The lowest BCUT2D eigenvalue weighted by atomic mass is 10.1. The maximum atomic E-state index is 13.7. The Morgan fingerprint density at radius 1 is 1.48 bits per heavy atom. The number of nitro benzene ring substituents is 1. The zero-order chi connectivity index (χ0) is 16.2. The van der Waals surface area contributed by atoms with Crippen molar-refractivity contribution >= 4 is 29.2 Å². The molecule has 0 heterocycles. The van der Waals surface area contributed by atoms with E-state index in [-0.39, 0.29) is 0 Å². The topological polar surface area (TPSA) is 98.5 Å². The molecule has 10 heteroatoms. The zero-order valence-corrected chi connectivity index (χ0v) is 11.3. The third-order valence-electron chi connectivity index (χ3n) is 2.36. The number of nitro groups is 1. The number of hydrogen-bond acceptors (Lipinski definition) is 5. The number of carbonyl (C=O) groups excluding carboxylic acids is 2. The Bertz CT molecular complexity index is 596. The van der Waals surface area contributed by atoms with Gasteiger partial charge in [0.05, 0.1) is 23.7 Å². The van der Waals surface area contributed by atoms with Crippen LogP contribution in [-0.2, 0) is 9.53 Å². The molecule has 0 aliphatic carbocycles. The van der Waals surface area contributed by atoms with E-state index in [0.717, 1.165) is 7.11 Å². The number of carbonyl (C=O) groups is 2. The molecule has 7 nitrogen and oxygen atoms in total. The number of rotatable bonds is 5. The molecule has 0 aromatic heterocycles. The molecular weight excluding hydrogens is 314 g/mol. The molecule has 1 rings (SSSR count). The molecule has 1 atom stereocenters. The Hall–Kier alpha value is -2.29. The van der Waals surface area contributed by atoms with E-state index >= 15 is 0 Å². The van der Waals surface area contributed by atoms with Gasteiger partial charge in [0, 0.05) is 6.54 Å². The van der Waals surface area contributed by atoms with Crippen molar-refractivity contribution < 1.29 is 28.0 Å². The molecule has 1 amide bonds. The monoisotopic (exact) mass is 322 g/mol. The van der Waals surface area contributed by atoms with E-state index in [1.54, 1.807) is 0 Å². The molecular formula is C11H9ClF2N2O5. The predicted molar refractivity (Wildman–Crippen MR) is 67.0 cm³/mol. The average Bonchev–Trinajstić information content (AvgIpc) is 2.45. The highest BCUT2D eigenvalue weighted by Gasteiger charge is 2.25. The molecule has 0 spiro atoms. The molecule has 0 bridgehead atoms. The summed E-state index contributed by atoms with van der Waals surface area (Å²) in [7, 11) is 1.08. The first-order valence-corrected chi connectivity index (χ1v) is 5.85. The van der Waals surface area contributed by atoms with Gasteiger partial charge in [-0.2, -0.15) is 4.39 Å². The Labute approximate surface area is 122 Å². The van der Waals surface area contributed by atoms with Gasteiger partial charge in [-0.3, -0.25) is 19.7 Å². The van der Waals surface area contributed by atoms with Crippen molar-refractivity contribution in [3.63, 3.8) is 0 Å². The van der Waals surface area contributed by atoms with Gasteiger partial charge < -0.3 is 10.1 Å². The van der Waals surface area contributed by atoms with Gasteiger partial charge in [-0.15, -0.1) is 11.6 Å². The van der Waals surface area contributed by atoms with Crippen molar-refractivity contribution in [1.29, 1.82) is 0 Å². The van der Waals surface area contributed by atoms with Gasteiger partial charge in [-0.25, -0.2) is 4.39 Å². The minimum Gasteiger partial charge on any atom is -0.468 e. The largest absolute Gasteiger partial charge is 0.468 e. The van der Waals surface area contributed by atoms with Crippen LogP contribution < -0.4 is 5.32 Å². The lowest BCUT2D eigenvalue weighted by Crippen LogP contribution is -2.34. The molecule has 1 unspecified atom stereocenters. The molecule has 0 fully saturated rings. The maximum Gasteiger partial charge on any atom is 0.325 e. The first-order chi connectivity index (χ1) is 9.77. The summed E-state index contributed by atoms with van der Waals surface area (Å²) in [5.41, 5.74) is -2.04. The van der Waals surface area contributed by atoms with Gasteiger partial charge in [0.1, 0.15) is 11.2 Å². The van der Waals surface area contributed by atoms with Crippen LogP contribution in [0, 0.1) is 21.7 Å². The molecule has 1 N–H and O–H groups in total. The van der Waals surface area contributed by atoms with Crippen molar-refractivity contribution in [2.45, 2.75) is 5.38 Å². The van der Waals surface area contributed by atoms with Crippen LogP contribution in [0.4, 0.5) is 14.5 Å². The van der Waals surface area contributed by atoms with Crippen LogP contribution in [0.2, 0.25) is 0 Å². The second-order valence-corrected chi connectivity index (χ2v) is 4.27. The summed E-state index contributed by atoms with van der Waals surface area (Å²) in [6, 6.07) is 0.851. The zero-order valence-electron chi connectivity index (χ0n) is 10.6. The number of benzene rings is 1. The first-order valence-electron chi connectivity index (χ1n) is 5.41. The Balaban J connectivity index is 2.93. The van der Waals surface area contributed by atoms with Crippen molar-refractivity contribution in [3.05, 3.63) is 39.4 Å². The maximum absolute atomic E-state index is 13.7. The Morgan fingerprint density at radius 2 is 2.10 bits per heavy atom. The van der Waals surface area contributed by atoms with Crippen molar-refractivity contribution in [1.82, 2.24) is 5.32 Å². The van der Waals surface area contributed by atoms with E-state index in [1.807, 2.05) is 5.32 Å². The summed E-state index contributed by atoms with van der Waals surface area (Å²) >= 11 is 5.55. The van der Waals surface area contributed by atoms with Gasteiger partial charge in [0.25, 0.3) is 5.91 Å². The number of hydrogen-bond donors (Lipinski definition) is 1. The van der Waals surface area contributed by atoms with Crippen LogP contribution in [0.3, 0.4) is 0 Å². The molecule has 0 saturated carbocycles. The molecule has 21 heavy (non-hydrogen) atoms. The number of nitrogens with one attached hydrogen (secondary N) is 1. The minimum absolute atomic E-state index is 0.352. The quantitative estimate of drug-likeness (QED) is 0.382. The second kappa shape index (κ2) is 6.93. The lowest BCUT2D eigenvalue weighted by Gasteiger charge is -2.09. The van der Waals surface area contributed by atoms with Crippen LogP contribution >= 0.6 is 11.6 Å². The van der Waals surface area contributed by atoms with Crippen LogP contribution in [-0.4, -0.2) is 35.8 Å². The fourth-order valence-corrected chi connectivity index (χ4v) is 1.53. The van der Waals surface area contributed by atoms with Gasteiger partial charge in [0.2, 0.25) is 5.82 Å². The molecule has 1 aromatic carbocycles. The number of ether oxygens (including phenoxy) is 1. The predicted octanol–water partition coefficient (Wildman–Crippen LogP) is 1.38. The van der Waals surface area contributed by atoms with Gasteiger partial charge in [0.15, 0.2) is 0 Å². The van der Waals surface area contributed by atoms with Crippen molar-refractivity contribution in [2.24, 2.45) is 0 Å². The van der Waals surface area contributed by atoms with Gasteiger partial charge in [-0.05, 0) is 6.07 Å². The number of methoxy groups -OCH3 is 1. The summed E-state index contributed by atoms with van der Waals surface area (Å²) < 4.78 is 31.2. The summed E-state index contributed by atoms with van der Waals surface area (Å²) in [6.45, 7) is -0.420. The number of halogens is 3. The standard InChI is InChI=1S/C11H9ClF2N2O5/c1-21-11(18)7(12)4-15-10(17)6-2-5(13)3-8(9(6)14)16(19)20/h2-3,7H,4H2,1H3,(H,15,17). The summed E-state index contributed by atoms with van der Waals surface area (Å²) in [5.74, 6) is -4.61. The highest BCUT2D eigenvalue weighted by Crippen LogP contribution is 2.22. The SMILES string of the molecule is COC(=O)C(Cl)CNC(=O)c1cc(F)cc([N+](=O)[O-])c1F. The van der Waals surface area contributed by atoms with Crippen LogP contribution in [0.1, 0.15) is 10.4 Å². The van der Waals surface area contributed by atoms with E-state index in [2.05, 4.69) is 4.74 Å². The number of amides is 1. The smallest absolute Gasteiger partial charge is 0.325 e. The van der Waals surface area contributed by atoms with Crippen LogP contribution in [0.5, 0.6) is 0 Å². The molecule has 1 aromatic rings. The van der Waals surface area contributed by atoms with Gasteiger partial charge >= 0.3 is 11.7 Å². The van der Waals surface area contributed by atoms with E-state index in [9.17, 15) is 28.5 Å². The first kappa shape index (κ1) is 16.8. The molecule has 0 aliphatic heterocycles. The fraction of sp³-hybridized carbons (Fsp3) is 0.273. The average molecular weight is 323 g/mol. The summed E-state index contributed by atoms with van der Waals surface area (Å²) in [4.78, 5) is 32.0. The molecule has 114 valence electrons. The molecule has 0 aliphatic rings. The summed E-state index contributed by atoms with van der Waals surface area (Å²) in [6.07, 6.45) is 0. The normalized spacial score (nSPS) is 11.6. The number of nitrogens with zero attached hydrogens (tertiary/aromatic N) is 1. The van der Waals surface area contributed by atoms with E-state index in [0.29, 0.717) is 12.1 Å². The highest BCUT2D eigenvalue weighted by atomic mass is 35.5. The van der Waals surface area contributed by atoms with E-state index in [1.165, 1.54) is 0 Å². The van der Waals surface area contributed by atoms with Crippen LogP contribution in [0.15, 0.2) is 12.1 Å². The third kappa shape index (κ3) is 4.09. The highest BCUT2D eigenvalue weighted by molar-refractivity contribution is 6.30. The van der Waals surface area contributed by atoms with E-state index < -0.39 is 51.6 Å². The summed E-state index contributed by atoms with van der Waals surface area (Å²) in [5, 5.41) is 11.3. The van der Waals surface area contributed by atoms with Crippen molar-refractivity contribution in [2.75, 3.05) is 13.7 Å². The lowest BCUT2D eigenvalue weighted by molar-refractivity contribution is -0.387. The van der Waals surface area contributed by atoms with E-state index in [4.69, 9.17) is 11.6 Å². The van der Waals surface area contributed by atoms with Gasteiger partial charge in [-0.1, -0.05) is 0 Å². The Kier molecular flexibility index (Phi) is 5.53. The third-order valence-corrected chi connectivity index (χ3v) is 2.69. The number of esters is 1. The second-order valence-electron chi connectivity index (χ2n) is 3.74. The van der Waals surface area contributed by atoms with Crippen molar-refractivity contribution in [3.8, 4) is 0 Å².